The minimum atomic E-state index is 0.00902. The Morgan fingerprint density at radius 1 is 1.00 bits per heavy atom. The highest BCUT2D eigenvalue weighted by atomic mass is 79.9. The molecule has 1 aromatic heterocycles. The first-order valence-corrected chi connectivity index (χ1v) is 11.6. The molecule has 3 nitrogen and oxygen atoms in total. The van der Waals surface area contributed by atoms with Crippen molar-refractivity contribution in [1.82, 2.24) is 4.57 Å². The lowest BCUT2D eigenvalue weighted by Gasteiger charge is -2.07. The number of carbonyl (C=O) groups excluding carboxylic acids is 1. The van der Waals surface area contributed by atoms with Crippen LogP contribution >= 0.6 is 27.7 Å². The first-order valence-electron chi connectivity index (χ1n) is 9.81. The van der Waals surface area contributed by atoms with E-state index in [1.165, 1.54) is 16.5 Å². The van der Waals surface area contributed by atoms with Gasteiger partial charge in [0.15, 0.2) is 0 Å². The van der Waals surface area contributed by atoms with Gasteiger partial charge in [-0.25, -0.2) is 0 Å². The van der Waals surface area contributed by atoms with Crippen molar-refractivity contribution >= 4 is 50.2 Å². The van der Waals surface area contributed by atoms with E-state index in [2.05, 4.69) is 80.5 Å². The maximum Gasteiger partial charge on any atom is 0.234 e. The molecule has 4 aromatic rings. The Morgan fingerprint density at radius 2 is 1.70 bits per heavy atom. The fourth-order valence-electron chi connectivity index (χ4n) is 3.63. The van der Waals surface area contributed by atoms with Crippen molar-refractivity contribution in [2.24, 2.45) is 0 Å². The van der Waals surface area contributed by atoms with Crippen LogP contribution in [0.15, 0.2) is 82.3 Å². The fourth-order valence-corrected chi connectivity index (χ4v) is 4.79. The third-order valence-electron chi connectivity index (χ3n) is 4.88. The largest absolute Gasteiger partial charge is 0.342 e. The number of carbonyl (C=O) groups is 1. The second-order valence-electron chi connectivity index (χ2n) is 7.48. The van der Waals surface area contributed by atoms with Crippen LogP contribution < -0.4 is 5.32 Å². The van der Waals surface area contributed by atoms with E-state index in [0.717, 1.165) is 32.7 Å². The third kappa shape index (κ3) is 4.97. The number of halogens is 1. The van der Waals surface area contributed by atoms with E-state index in [0.29, 0.717) is 5.75 Å². The number of aryl methyl sites for hydroxylation is 2. The van der Waals surface area contributed by atoms with E-state index < -0.39 is 0 Å². The van der Waals surface area contributed by atoms with Crippen LogP contribution in [0.1, 0.15) is 16.7 Å². The Morgan fingerprint density at radius 3 is 2.43 bits per heavy atom. The molecule has 1 N–H and O–H groups in total. The van der Waals surface area contributed by atoms with Gasteiger partial charge in [-0.2, -0.15) is 0 Å². The van der Waals surface area contributed by atoms with E-state index in [4.69, 9.17) is 0 Å². The summed E-state index contributed by atoms with van der Waals surface area (Å²) in [6, 6.07) is 22.8. The quantitative estimate of drug-likeness (QED) is 0.309. The monoisotopic (exact) mass is 478 g/mol. The molecular formula is C25H23BrN2OS. The molecule has 0 unspecified atom stereocenters. The molecule has 0 aliphatic carbocycles. The molecule has 0 saturated heterocycles. The first-order chi connectivity index (χ1) is 14.5. The van der Waals surface area contributed by atoms with Crippen LogP contribution in [0.2, 0.25) is 0 Å². The van der Waals surface area contributed by atoms with Gasteiger partial charge in [0.1, 0.15) is 0 Å². The van der Waals surface area contributed by atoms with Gasteiger partial charge in [0, 0.05) is 38.7 Å². The van der Waals surface area contributed by atoms with Crippen molar-refractivity contribution in [2.75, 3.05) is 11.1 Å². The van der Waals surface area contributed by atoms with Crippen molar-refractivity contribution in [2.45, 2.75) is 25.3 Å². The minimum Gasteiger partial charge on any atom is -0.342 e. The fraction of sp³-hybridized carbons (Fsp3) is 0.160. The van der Waals surface area contributed by atoms with Gasteiger partial charge in [-0.05, 0) is 60.9 Å². The molecule has 0 spiro atoms. The molecule has 0 aliphatic heterocycles. The summed E-state index contributed by atoms with van der Waals surface area (Å²) in [6.45, 7) is 4.87. The summed E-state index contributed by atoms with van der Waals surface area (Å²) < 4.78 is 3.33. The van der Waals surface area contributed by atoms with Gasteiger partial charge in [0.25, 0.3) is 0 Å². The molecule has 0 saturated carbocycles. The number of rotatable bonds is 6. The Labute approximate surface area is 189 Å². The smallest absolute Gasteiger partial charge is 0.234 e. The summed E-state index contributed by atoms with van der Waals surface area (Å²) in [5, 5.41) is 4.20. The van der Waals surface area contributed by atoms with Crippen molar-refractivity contribution in [1.29, 1.82) is 0 Å². The highest BCUT2D eigenvalue weighted by Gasteiger charge is 2.11. The summed E-state index contributed by atoms with van der Waals surface area (Å²) in [7, 11) is 0. The van der Waals surface area contributed by atoms with Crippen LogP contribution in [0, 0.1) is 13.8 Å². The van der Waals surface area contributed by atoms with Crippen LogP contribution in [0.4, 0.5) is 5.69 Å². The number of hydrogen-bond donors (Lipinski definition) is 1. The molecule has 4 rings (SSSR count). The van der Waals surface area contributed by atoms with E-state index >= 15 is 0 Å². The Hall–Kier alpha value is -2.50. The molecule has 0 fully saturated rings. The second kappa shape index (κ2) is 9.11. The first kappa shape index (κ1) is 20.8. The molecule has 0 radical (unpaired) electrons. The lowest BCUT2D eigenvalue weighted by atomic mass is 10.1. The Kier molecular flexibility index (Phi) is 6.30. The number of thioether (sulfide) groups is 1. The lowest BCUT2D eigenvalue weighted by Crippen LogP contribution is -2.14. The summed E-state index contributed by atoms with van der Waals surface area (Å²) in [5.74, 6) is 0.383. The average molecular weight is 479 g/mol. The Balaban J connectivity index is 1.50. The molecule has 0 bridgehead atoms. The Bertz CT molecular complexity index is 1180. The zero-order chi connectivity index (χ0) is 21.1. The molecular weight excluding hydrogens is 456 g/mol. The summed E-state index contributed by atoms with van der Waals surface area (Å²) in [4.78, 5) is 13.7. The molecule has 1 amide bonds. The normalized spacial score (nSPS) is 11.0. The number of aromatic nitrogens is 1. The summed E-state index contributed by atoms with van der Waals surface area (Å²) in [6.07, 6.45) is 2.15. The minimum absolute atomic E-state index is 0.00902. The highest BCUT2D eigenvalue weighted by molar-refractivity contribution is 9.10. The van der Waals surface area contributed by atoms with Gasteiger partial charge in [0.05, 0.1) is 5.75 Å². The van der Waals surface area contributed by atoms with Crippen molar-refractivity contribution < 1.29 is 4.79 Å². The summed E-state index contributed by atoms with van der Waals surface area (Å²) >= 11 is 5.07. The van der Waals surface area contributed by atoms with Gasteiger partial charge in [0.2, 0.25) is 5.91 Å². The number of fused-ring (bicyclic) bond motifs is 1. The average Bonchev–Trinajstić information content (AvgIpc) is 3.05. The summed E-state index contributed by atoms with van der Waals surface area (Å²) in [5.41, 5.74) is 5.57. The van der Waals surface area contributed by atoms with E-state index in [9.17, 15) is 4.79 Å². The van der Waals surface area contributed by atoms with E-state index in [1.807, 2.05) is 32.0 Å². The van der Waals surface area contributed by atoms with Crippen molar-refractivity contribution in [3.05, 3.63) is 94.1 Å². The SMILES string of the molecule is Cc1cc(C)cc(NC(=O)CSc2cn(Cc3ccc(Br)cc3)c3ccccc23)c1. The number of amides is 1. The molecule has 1 heterocycles. The molecule has 30 heavy (non-hydrogen) atoms. The van der Waals surface area contributed by atoms with E-state index in [-0.39, 0.29) is 5.91 Å². The van der Waals surface area contributed by atoms with Gasteiger partial charge in [-0.15, -0.1) is 11.8 Å². The number of nitrogens with zero attached hydrogens (tertiary/aromatic N) is 1. The predicted molar refractivity (Wildman–Crippen MR) is 130 cm³/mol. The highest BCUT2D eigenvalue weighted by Crippen LogP contribution is 2.31. The van der Waals surface area contributed by atoms with Crippen LogP contribution in [0.5, 0.6) is 0 Å². The topological polar surface area (TPSA) is 34.0 Å². The third-order valence-corrected chi connectivity index (χ3v) is 6.45. The molecule has 0 aliphatic rings. The maximum absolute atomic E-state index is 12.5. The van der Waals surface area contributed by atoms with Crippen LogP contribution in [0.25, 0.3) is 10.9 Å². The predicted octanol–water partition coefficient (Wildman–Crippen LogP) is 6.80. The zero-order valence-electron chi connectivity index (χ0n) is 17.0. The van der Waals surface area contributed by atoms with Crippen LogP contribution in [-0.4, -0.2) is 16.2 Å². The van der Waals surface area contributed by atoms with E-state index in [1.54, 1.807) is 11.8 Å². The molecule has 3 aromatic carbocycles. The van der Waals surface area contributed by atoms with Gasteiger partial charge in [-0.1, -0.05) is 52.3 Å². The lowest BCUT2D eigenvalue weighted by molar-refractivity contribution is -0.113. The van der Waals surface area contributed by atoms with Crippen LogP contribution in [0.3, 0.4) is 0 Å². The van der Waals surface area contributed by atoms with Crippen molar-refractivity contribution in [3.63, 3.8) is 0 Å². The molecule has 0 atom stereocenters. The number of nitrogens with one attached hydrogen (secondary N) is 1. The number of hydrogen-bond acceptors (Lipinski definition) is 2. The van der Waals surface area contributed by atoms with Crippen LogP contribution in [-0.2, 0) is 11.3 Å². The number of anilines is 1. The molecule has 152 valence electrons. The number of para-hydroxylation sites is 1. The van der Waals surface area contributed by atoms with Gasteiger partial charge >= 0.3 is 0 Å². The van der Waals surface area contributed by atoms with Crippen molar-refractivity contribution in [3.8, 4) is 0 Å². The van der Waals surface area contributed by atoms with Gasteiger partial charge < -0.3 is 9.88 Å². The molecule has 5 heteroatoms. The zero-order valence-corrected chi connectivity index (χ0v) is 19.4. The standard InChI is InChI=1S/C25H23BrN2OS/c1-17-11-18(2)13-21(12-17)27-25(29)16-30-24-15-28(23-6-4-3-5-22(23)24)14-19-7-9-20(26)10-8-19/h3-13,15H,14,16H2,1-2H3,(H,27,29). The van der Waals surface area contributed by atoms with Gasteiger partial charge in [-0.3, -0.25) is 4.79 Å². The second-order valence-corrected chi connectivity index (χ2v) is 9.41. The maximum atomic E-state index is 12.5. The number of benzene rings is 3.